The minimum absolute atomic E-state index is 0.190. The van der Waals surface area contributed by atoms with E-state index < -0.39 is 0 Å². The van der Waals surface area contributed by atoms with E-state index in [0.29, 0.717) is 11.6 Å². The smallest absolute Gasteiger partial charge is 0.252 e. The van der Waals surface area contributed by atoms with Crippen LogP contribution in [0, 0.1) is 13.8 Å². The van der Waals surface area contributed by atoms with Crippen LogP contribution in [0.25, 0.3) is 5.65 Å². The first-order valence-electron chi connectivity index (χ1n) is 4.55. The zero-order chi connectivity index (χ0) is 11.0. The summed E-state index contributed by atoms with van der Waals surface area (Å²) in [7, 11) is 0. The Kier molecular flexibility index (Phi) is 2.11. The highest BCUT2D eigenvalue weighted by atomic mass is 16.1. The highest BCUT2D eigenvalue weighted by Crippen LogP contribution is 2.11. The van der Waals surface area contributed by atoms with E-state index in [1.165, 1.54) is 11.4 Å². The molecule has 0 aromatic carbocycles. The maximum atomic E-state index is 10.9. The Morgan fingerprint density at radius 1 is 1.40 bits per heavy atom. The second-order valence-electron chi connectivity index (χ2n) is 3.41. The summed E-state index contributed by atoms with van der Waals surface area (Å²) in [6.45, 7) is 5.23. The molecule has 2 rings (SSSR count). The van der Waals surface area contributed by atoms with Gasteiger partial charge < -0.3 is 0 Å². The number of nitrogens with zero attached hydrogens (tertiary/aromatic N) is 4. The van der Waals surface area contributed by atoms with Gasteiger partial charge in [-0.15, -0.1) is 10.2 Å². The van der Waals surface area contributed by atoms with E-state index in [2.05, 4.69) is 20.6 Å². The van der Waals surface area contributed by atoms with Crippen molar-refractivity contribution in [3.8, 4) is 0 Å². The number of carbonyl (C=O) groups is 1. The highest BCUT2D eigenvalue weighted by Gasteiger charge is 2.09. The predicted molar refractivity (Wildman–Crippen MR) is 54.6 cm³/mol. The molecule has 2 aromatic heterocycles. The summed E-state index contributed by atoms with van der Waals surface area (Å²) in [4.78, 5) is 10.9. The Balaban J connectivity index is 2.63. The van der Waals surface area contributed by atoms with Crippen LogP contribution in [0.2, 0.25) is 0 Å². The molecule has 2 heterocycles. The van der Waals surface area contributed by atoms with Crippen LogP contribution in [0.15, 0.2) is 6.07 Å². The van der Waals surface area contributed by atoms with Gasteiger partial charge in [0.25, 0.3) is 5.95 Å². The van der Waals surface area contributed by atoms with Crippen molar-refractivity contribution in [1.29, 1.82) is 0 Å². The van der Waals surface area contributed by atoms with Gasteiger partial charge in [0.2, 0.25) is 5.91 Å². The molecule has 0 saturated heterocycles. The minimum atomic E-state index is -0.190. The first kappa shape index (κ1) is 9.57. The number of anilines is 1. The number of carbonyl (C=O) groups excluding carboxylic acids is 1. The number of rotatable bonds is 1. The first-order valence-corrected chi connectivity index (χ1v) is 4.55. The van der Waals surface area contributed by atoms with Crippen molar-refractivity contribution in [3.63, 3.8) is 0 Å². The van der Waals surface area contributed by atoms with E-state index >= 15 is 0 Å². The monoisotopic (exact) mass is 205 g/mol. The van der Waals surface area contributed by atoms with E-state index in [0.717, 1.165) is 11.3 Å². The summed E-state index contributed by atoms with van der Waals surface area (Å²) in [6.07, 6.45) is 0. The maximum Gasteiger partial charge on any atom is 0.252 e. The van der Waals surface area contributed by atoms with E-state index in [1.54, 1.807) is 0 Å². The SMILES string of the molecule is CC(=O)Nc1nnc2c(C)cc(C)nn12. The van der Waals surface area contributed by atoms with Gasteiger partial charge in [-0.2, -0.15) is 9.61 Å². The minimum Gasteiger partial charge on any atom is -0.293 e. The van der Waals surface area contributed by atoms with Crippen molar-refractivity contribution in [2.24, 2.45) is 0 Å². The fourth-order valence-electron chi connectivity index (χ4n) is 1.42. The van der Waals surface area contributed by atoms with Gasteiger partial charge in [0.05, 0.1) is 5.69 Å². The second kappa shape index (κ2) is 3.30. The normalized spacial score (nSPS) is 10.6. The van der Waals surface area contributed by atoms with Crippen molar-refractivity contribution < 1.29 is 4.79 Å². The summed E-state index contributed by atoms with van der Waals surface area (Å²) in [6, 6.07) is 1.92. The Labute approximate surface area is 86.3 Å². The Bertz CT molecular complexity index is 531. The van der Waals surface area contributed by atoms with Crippen LogP contribution in [0.3, 0.4) is 0 Å². The van der Waals surface area contributed by atoms with Crippen molar-refractivity contribution in [2.45, 2.75) is 20.8 Å². The molecular formula is C9H11N5O. The van der Waals surface area contributed by atoms with Crippen LogP contribution in [0.1, 0.15) is 18.2 Å². The molecule has 2 aromatic rings. The second-order valence-corrected chi connectivity index (χ2v) is 3.41. The third kappa shape index (κ3) is 1.65. The van der Waals surface area contributed by atoms with Crippen molar-refractivity contribution >= 4 is 17.5 Å². The topological polar surface area (TPSA) is 72.2 Å². The summed E-state index contributed by atoms with van der Waals surface area (Å²) in [5.41, 5.74) is 2.49. The number of nitrogens with one attached hydrogen (secondary N) is 1. The van der Waals surface area contributed by atoms with E-state index in [9.17, 15) is 4.79 Å². The average Bonchev–Trinajstić information content (AvgIpc) is 2.48. The van der Waals surface area contributed by atoms with Crippen molar-refractivity contribution in [3.05, 3.63) is 17.3 Å². The Morgan fingerprint density at radius 3 is 2.80 bits per heavy atom. The van der Waals surface area contributed by atoms with Crippen LogP contribution in [-0.4, -0.2) is 25.7 Å². The number of hydrogen-bond donors (Lipinski definition) is 1. The quantitative estimate of drug-likeness (QED) is 0.743. The molecule has 0 aliphatic carbocycles. The molecule has 78 valence electrons. The molecule has 0 aliphatic rings. The lowest BCUT2D eigenvalue weighted by Crippen LogP contribution is -2.10. The Morgan fingerprint density at radius 2 is 2.13 bits per heavy atom. The summed E-state index contributed by atoms with van der Waals surface area (Å²) < 4.78 is 1.53. The van der Waals surface area contributed by atoms with Gasteiger partial charge in [0.15, 0.2) is 5.65 Å². The lowest BCUT2D eigenvalue weighted by Gasteiger charge is -2.01. The molecule has 1 N–H and O–H groups in total. The lowest BCUT2D eigenvalue weighted by atomic mass is 10.3. The largest absolute Gasteiger partial charge is 0.293 e. The van der Waals surface area contributed by atoms with Crippen LogP contribution in [0.5, 0.6) is 0 Å². The fraction of sp³-hybridized carbons (Fsp3) is 0.333. The lowest BCUT2D eigenvalue weighted by molar-refractivity contribution is -0.114. The zero-order valence-corrected chi connectivity index (χ0v) is 8.77. The zero-order valence-electron chi connectivity index (χ0n) is 8.77. The molecule has 0 fully saturated rings. The van der Waals surface area contributed by atoms with Gasteiger partial charge in [0.1, 0.15) is 0 Å². The number of aromatic nitrogens is 4. The molecule has 0 radical (unpaired) electrons. The predicted octanol–water partition coefficient (Wildman–Crippen LogP) is 0.700. The number of amides is 1. The van der Waals surface area contributed by atoms with E-state index in [1.807, 2.05) is 19.9 Å². The average molecular weight is 205 g/mol. The molecule has 0 saturated carbocycles. The fourth-order valence-corrected chi connectivity index (χ4v) is 1.42. The van der Waals surface area contributed by atoms with Crippen LogP contribution >= 0.6 is 0 Å². The molecule has 0 aliphatic heterocycles. The number of hydrogen-bond acceptors (Lipinski definition) is 4. The number of aryl methyl sites for hydroxylation is 2. The summed E-state index contributed by atoms with van der Waals surface area (Å²) in [5.74, 6) is 0.162. The molecule has 6 nitrogen and oxygen atoms in total. The molecule has 6 heteroatoms. The van der Waals surface area contributed by atoms with Gasteiger partial charge in [-0.25, -0.2) is 0 Å². The van der Waals surface area contributed by atoms with Crippen LogP contribution < -0.4 is 5.32 Å². The Hall–Kier alpha value is -1.98. The molecule has 1 amide bonds. The van der Waals surface area contributed by atoms with Gasteiger partial charge in [-0.1, -0.05) is 0 Å². The molecule has 0 unspecified atom stereocenters. The van der Waals surface area contributed by atoms with Crippen molar-refractivity contribution in [2.75, 3.05) is 5.32 Å². The van der Waals surface area contributed by atoms with Gasteiger partial charge >= 0.3 is 0 Å². The van der Waals surface area contributed by atoms with Crippen LogP contribution in [-0.2, 0) is 4.79 Å². The highest BCUT2D eigenvalue weighted by molar-refractivity contribution is 5.87. The first-order chi connectivity index (χ1) is 7.08. The van der Waals surface area contributed by atoms with E-state index in [-0.39, 0.29) is 5.91 Å². The molecule has 0 atom stereocenters. The standard InChI is InChI=1S/C9H11N5O/c1-5-4-6(2)13-14-8(5)11-12-9(14)10-7(3)15/h4H,1-3H3,(H,10,12,15). The molecular weight excluding hydrogens is 194 g/mol. The van der Waals surface area contributed by atoms with Crippen molar-refractivity contribution in [1.82, 2.24) is 19.8 Å². The maximum absolute atomic E-state index is 10.9. The number of fused-ring (bicyclic) bond motifs is 1. The third-order valence-corrected chi connectivity index (χ3v) is 1.96. The molecule has 0 bridgehead atoms. The molecule has 0 spiro atoms. The van der Waals surface area contributed by atoms with Crippen LogP contribution in [0.4, 0.5) is 5.95 Å². The summed E-state index contributed by atoms with van der Waals surface area (Å²) >= 11 is 0. The van der Waals surface area contributed by atoms with Gasteiger partial charge in [0, 0.05) is 6.92 Å². The summed E-state index contributed by atoms with van der Waals surface area (Å²) in [5, 5.41) is 14.6. The van der Waals surface area contributed by atoms with E-state index in [4.69, 9.17) is 0 Å². The van der Waals surface area contributed by atoms with Gasteiger partial charge in [-0.3, -0.25) is 10.1 Å². The third-order valence-electron chi connectivity index (χ3n) is 1.96. The molecule has 15 heavy (non-hydrogen) atoms. The van der Waals surface area contributed by atoms with Gasteiger partial charge in [-0.05, 0) is 25.5 Å².